The third kappa shape index (κ3) is 6.18. The number of imide groups is 1. The second kappa shape index (κ2) is 11.4. The van der Waals surface area contributed by atoms with Gasteiger partial charge in [0.2, 0.25) is 15.9 Å². The molecule has 3 amide bonds. The summed E-state index contributed by atoms with van der Waals surface area (Å²) in [5.74, 6) is -0.494. The SMILES string of the molecule is COc1cccc(C(=O)N(CCc2ccc(S(N)(=O)=O)cc2)C2CC(=O)N(c3ccc(C(C)C)cc3)C2=O)c1. The highest BCUT2D eigenvalue weighted by atomic mass is 32.2. The molecule has 1 aliphatic heterocycles. The number of methoxy groups -OCH3 is 1. The van der Waals surface area contributed by atoms with E-state index >= 15 is 0 Å². The van der Waals surface area contributed by atoms with E-state index in [9.17, 15) is 22.8 Å². The molecule has 1 fully saturated rings. The molecule has 0 bridgehead atoms. The maximum atomic E-state index is 13.7. The number of carbonyl (C=O) groups is 3. The first-order valence-corrected chi connectivity index (χ1v) is 14.1. The number of carbonyl (C=O) groups excluding carboxylic acids is 3. The van der Waals surface area contributed by atoms with Crippen molar-refractivity contribution in [3.05, 3.63) is 89.5 Å². The van der Waals surface area contributed by atoms with Crippen LogP contribution in [0.4, 0.5) is 5.69 Å². The van der Waals surface area contributed by atoms with Crippen molar-refractivity contribution in [2.45, 2.75) is 43.5 Å². The number of sulfonamides is 1. The molecule has 1 unspecified atom stereocenters. The quantitative estimate of drug-likeness (QED) is 0.407. The van der Waals surface area contributed by atoms with Crippen LogP contribution in [-0.4, -0.2) is 50.7 Å². The van der Waals surface area contributed by atoms with Gasteiger partial charge in [-0.25, -0.2) is 18.5 Å². The van der Waals surface area contributed by atoms with Crippen LogP contribution in [0.15, 0.2) is 77.7 Å². The average molecular weight is 550 g/mol. The van der Waals surface area contributed by atoms with Gasteiger partial charge in [-0.1, -0.05) is 44.2 Å². The molecule has 0 spiro atoms. The van der Waals surface area contributed by atoms with Gasteiger partial charge in [-0.15, -0.1) is 0 Å². The van der Waals surface area contributed by atoms with Crippen molar-refractivity contribution in [3.8, 4) is 5.75 Å². The van der Waals surface area contributed by atoms with E-state index in [0.717, 1.165) is 16.0 Å². The molecule has 0 saturated carbocycles. The summed E-state index contributed by atoms with van der Waals surface area (Å²) >= 11 is 0. The molecule has 0 radical (unpaired) electrons. The van der Waals surface area contributed by atoms with E-state index in [1.54, 1.807) is 48.5 Å². The van der Waals surface area contributed by atoms with Gasteiger partial charge >= 0.3 is 0 Å². The van der Waals surface area contributed by atoms with Crippen LogP contribution in [-0.2, 0) is 26.0 Å². The van der Waals surface area contributed by atoms with Gasteiger partial charge in [0.25, 0.3) is 11.8 Å². The highest BCUT2D eigenvalue weighted by Crippen LogP contribution is 2.29. The zero-order valence-corrected chi connectivity index (χ0v) is 22.9. The van der Waals surface area contributed by atoms with Crippen LogP contribution in [0, 0.1) is 0 Å². The predicted octanol–water partition coefficient (Wildman–Crippen LogP) is 3.48. The third-order valence-electron chi connectivity index (χ3n) is 6.79. The molecular formula is C29H31N3O6S. The first-order chi connectivity index (χ1) is 18.5. The third-order valence-corrected chi connectivity index (χ3v) is 7.72. The number of ether oxygens (including phenoxy) is 1. The Kier molecular flexibility index (Phi) is 8.17. The number of hydrogen-bond acceptors (Lipinski definition) is 6. The number of primary sulfonamides is 1. The fraction of sp³-hybridized carbons (Fsp3) is 0.276. The largest absolute Gasteiger partial charge is 0.497 e. The zero-order valence-electron chi connectivity index (χ0n) is 22.0. The molecule has 1 heterocycles. The topological polar surface area (TPSA) is 127 Å². The number of rotatable bonds is 9. The summed E-state index contributed by atoms with van der Waals surface area (Å²) in [5, 5.41) is 5.19. The monoisotopic (exact) mass is 549 g/mol. The Balaban J connectivity index is 1.63. The molecule has 0 aliphatic carbocycles. The zero-order chi connectivity index (χ0) is 28.3. The Morgan fingerprint density at radius 3 is 2.31 bits per heavy atom. The summed E-state index contributed by atoms with van der Waals surface area (Å²) in [5.41, 5.74) is 2.60. The first kappa shape index (κ1) is 28.0. The second-order valence-electron chi connectivity index (χ2n) is 9.70. The van der Waals surface area contributed by atoms with Crippen molar-refractivity contribution >= 4 is 33.4 Å². The lowest BCUT2D eigenvalue weighted by molar-refractivity contribution is -0.122. The molecule has 9 nitrogen and oxygen atoms in total. The average Bonchev–Trinajstić information content (AvgIpc) is 3.21. The lowest BCUT2D eigenvalue weighted by Gasteiger charge is -2.28. The summed E-state index contributed by atoms with van der Waals surface area (Å²) in [6, 6.07) is 18.9. The van der Waals surface area contributed by atoms with Crippen molar-refractivity contribution in [3.63, 3.8) is 0 Å². The molecule has 1 atom stereocenters. The van der Waals surface area contributed by atoms with E-state index in [1.165, 1.54) is 24.1 Å². The van der Waals surface area contributed by atoms with Crippen LogP contribution in [0.3, 0.4) is 0 Å². The van der Waals surface area contributed by atoms with E-state index in [0.29, 0.717) is 29.3 Å². The molecule has 204 valence electrons. The van der Waals surface area contributed by atoms with Gasteiger partial charge in [-0.3, -0.25) is 14.4 Å². The summed E-state index contributed by atoms with van der Waals surface area (Å²) < 4.78 is 28.4. The Hall–Kier alpha value is -4.02. The summed E-state index contributed by atoms with van der Waals surface area (Å²) in [6.07, 6.45) is 0.173. The minimum absolute atomic E-state index is 0.0220. The van der Waals surface area contributed by atoms with Gasteiger partial charge < -0.3 is 9.64 Å². The maximum absolute atomic E-state index is 13.7. The molecule has 2 N–H and O–H groups in total. The van der Waals surface area contributed by atoms with E-state index in [2.05, 4.69) is 13.8 Å². The summed E-state index contributed by atoms with van der Waals surface area (Å²) in [7, 11) is -2.34. The molecule has 10 heteroatoms. The van der Waals surface area contributed by atoms with Crippen LogP contribution in [0.2, 0.25) is 0 Å². The Morgan fingerprint density at radius 2 is 1.72 bits per heavy atom. The lowest BCUT2D eigenvalue weighted by atomic mass is 10.0. The van der Waals surface area contributed by atoms with E-state index in [4.69, 9.17) is 9.88 Å². The van der Waals surface area contributed by atoms with E-state index in [-0.39, 0.29) is 23.8 Å². The maximum Gasteiger partial charge on any atom is 0.257 e. The van der Waals surface area contributed by atoms with Gasteiger partial charge in [0.1, 0.15) is 11.8 Å². The molecule has 3 aromatic carbocycles. The number of amides is 3. The van der Waals surface area contributed by atoms with Crippen LogP contribution < -0.4 is 14.8 Å². The standard InChI is InChI=1S/C29H31N3O6S/c1-19(2)21-9-11-23(12-10-21)32-27(33)18-26(29(32)35)31(28(34)22-5-4-6-24(17-22)38-3)16-15-20-7-13-25(14-8-20)39(30,36)37/h4-14,17,19,26H,15-16,18H2,1-3H3,(H2,30,36,37). The molecule has 1 saturated heterocycles. The highest BCUT2D eigenvalue weighted by Gasteiger charge is 2.44. The van der Waals surface area contributed by atoms with Crippen molar-refractivity contribution in [2.24, 2.45) is 5.14 Å². The number of anilines is 1. The Morgan fingerprint density at radius 1 is 1.05 bits per heavy atom. The Labute approximate surface area is 228 Å². The molecule has 39 heavy (non-hydrogen) atoms. The fourth-order valence-electron chi connectivity index (χ4n) is 4.56. The molecule has 0 aromatic heterocycles. The van der Waals surface area contributed by atoms with Crippen molar-refractivity contribution < 1.29 is 27.5 Å². The second-order valence-corrected chi connectivity index (χ2v) is 11.3. The van der Waals surface area contributed by atoms with Gasteiger partial charge in [0, 0.05) is 12.1 Å². The lowest BCUT2D eigenvalue weighted by Crippen LogP contribution is -2.46. The summed E-state index contributed by atoms with van der Waals surface area (Å²) in [4.78, 5) is 42.9. The van der Waals surface area contributed by atoms with Gasteiger partial charge in [-0.2, -0.15) is 0 Å². The van der Waals surface area contributed by atoms with Gasteiger partial charge in [-0.05, 0) is 65.9 Å². The predicted molar refractivity (Wildman–Crippen MR) is 147 cm³/mol. The number of nitrogens with zero attached hydrogens (tertiary/aromatic N) is 2. The number of benzene rings is 3. The molecular weight excluding hydrogens is 518 g/mol. The number of nitrogens with two attached hydrogens (primary N) is 1. The molecule has 3 aromatic rings. The van der Waals surface area contributed by atoms with Crippen LogP contribution in [0.25, 0.3) is 0 Å². The van der Waals surface area contributed by atoms with Crippen LogP contribution >= 0.6 is 0 Å². The minimum Gasteiger partial charge on any atom is -0.497 e. The van der Waals surface area contributed by atoms with Crippen molar-refractivity contribution in [2.75, 3.05) is 18.6 Å². The number of hydrogen-bond donors (Lipinski definition) is 1. The highest BCUT2D eigenvalue weighted by molar-refractivity contribution is 7.89. The van der Waals surface area contributed by atoms with Crippen LogP contribution in [0.1, 0.15) is 47.7 Å². The van der Waals surface area contributed by atoms with Gasteiger partial charge in [0.05, 0.1) is 24.1 Å². The van der Waals surface area contributed by atoms with Gasteiger partial charge in [0.15, 0.2) is 0 Å². The Bertz CT molecular complexity index is 1480. The van der Waals surface area contributed by atoms with E-state index < -0.39 is 27.9 Å². The van der Waals surface area contributed by atoms with Crippen molar-refractivity contribution in [1.82, 2.24) is 4.90 Å². The van der Waals surface area contributed by atoms with Crippen molar-refractivity contribution in [1.29, 1.82) is 0 Å². The molecule has 1 aliphatic rings. The molecule has 4 rings (SSSR count). The van der Waals surface area contributed by atoms with E-state index in [1.807, 2.05) is 12.1 Å². The fourth-order valence-corrected chi connectivity index (χ4v) is 5.07. The normalized spacial score (nSPS) is 15.6. The van der Waals surface area contributed by atoms with Crippen LogP contribution in [0.5, 0.6) is 5.75 Å². The smallest absolute Gasteiger partial charge is 0.257 e. The summed E-state index contributed by atoms with van der Waals surface area (Å²) in [6.45, 7) is 4.23. The minimum atomic E-state index is -3.84. The first-order valence-electron chi connectivity index (χ1n) is 12.5.